The van der Waals surface area contributed by atoms with E-state index < -0.39 is 11.9 Å². The quantitative estimate of drug-likeness (QED) is 0.310. The number of nitrogens with one attached hydrogen (secondary N) is 2. The van der Waals surface area contributed by atoms with Crippen LogP contribution in [-0.4, -0.2) is 33.8 Å². The Balaban J connectivity index is 1.64. The maximum atomic E-state index is 13.5. The van der Waals surface area contributed by atoms with Crippen LogP contribution in [0.15, 0.2) is 45.4 Å². The summed E-state index contributed by atoms with van der Waals surface area (Å²) in [5.74, 6) is 0.682. The third-order valence-electron chi connectivity index (χ3n) is 5.27. The van der Waals surface area contributed by atoms with Crippen molar-refractivity contribution in [2.75, 3.05) is 12.3 Å². The van der Waals surface area contributed by atoms with E-state index in [1.54, 1.807) is 34.3 Å². The highest BCUT2D eigenvalue weighted by Gasteiger charge is 2.25. The molecule has 10 heteroatoms. The molecule has 168 valence electrons. The number of rotatable bonds is 7. The zero-order valence-corrected chi connectivity index (χ0v) is 19.3. The molecule has 1 aliphatic rings. The van der Waals surface area contributed by atoms with Gasteiger partial charge >= 0.3 is 6.03 Å². The number of carbonyl (C=O) groups is 2. The number of hydrogen-bond acceptors (Lipinski definition) is 7. The monoisotopic (exact) mass is 472 g/mol. The Morgan fingerprint density at radius 3 is 3.06 bits per heavy atom. The van der Waals surface area contributed by atoms with Gasteiger partial charge in [-0.3, -0.25) is 19.5 Å². The van der Waals surface area contributed by atoms with E-state index in [1.807, 2.05) is 0 Å². The molecule has 2 N–H and O–H groups in total. The van der Waals surface area contributed by atoms with Crippen LogP contribution >= 0.6 is 23.1 Å². The lowest BCUT2D eigenvalue weighted by Gasteiger charge is -2.17. The van der Waals surface area contributed by atoms with Gasteiger partial charge in [0.05, 0.1) is 23.9 Å². The molecular formula is C22H24N4O4S2. The third-order valence-corrected chi connectivity index (χ3v) is 7.39. The molecule has 1 unspecified atom stereocenters. The van der Waals surface area contributed by atoms with Crippen molar-refractivity contribution in [3.05, 3.63) is 57.6 Å². The van der Waals surface area contributed by atoms with Gasteiger partial charge in [0.1, 0.15) is 10.6 Å². The van der Waals surface area contributed by atoms with E-state index in [0.717, 1.165) is 36.6 Å². The second-order valence-corrected chi connectivity index (χ2v) is 9.76. The predicted molar refractivity (Wildman–Crippen MR) is 125 cm³/mol. The molecule has 3 aromatic heterocycles. The lowest BCUT2D eigenvalue weighted by Crippen LogP contribution is -2.40. The molecule has 0 spiro atoms. The highest BCUT2D eigenvalue weighted by molar-refractivity contribution is 7.99. The lowest BCUT2D eigenvalue weighted by atomic mass is 9.89. The molecule has 1 atom stereocenters. The summed E-state index contributed by atoms with van der Waals surface area (Å²) in [6.45, 7) is 6.21. The van der Waals surface area contributed by atoms with Gasteiger partial charge in [-0.15, -0.1) is 17.9 Å². The predicted octanol–water partition coefficient (Wildman–Crippen LogP) is 3.33. The van der Waals surface area contributed by atoms with Crippen LogP contribution in [0.5, 0.6) is 0 Å². The van der Waals surface area contributed by atoms with Crippen molar-refractivity contribution < 1.29 is 14.0 Å². The van der Waals surface area contributed by atoms with Gasteiger partial charge in [-0.2, -0.15) is 0 Å². The first-order valence-electron chi connectivity index (χ1n) is 10.3. The van der Waals surface area contributed by atoms with Gasteiger partial charge in [0, 0.05) is 11.4 Å². The summed E-state index contributed by atoms with van der Waals surface area (Å²) >= 11 is 2.69. The number of urea groups is 1. The fourth-order valence-corrected chi connectivity index (χ4v) is 5.94. The number of hydrogen-bond donors (Lipinski definition) is 2. The Morgan fingerprint density at radius 1 is 1.47 bits per heavy atom. The second-order valence-electron chi connectivity index (χ2n) is 7.73. The van der Waals surface area contributed by atoms with Crippen LogP contribution in [-0.2, 0) is 24.2 Å². The van der Waals surface area contributed by atoms with Crippen molar-refractivity contribution in [1.29, 1.82) is 0 Å². The van der Waals surface area contributed by atoms with Crippen molar-refractivity contribution in [2.45, 2.75) is 37.9 Å². The second kappa shape index (κ2) is 9.74. The van der Waals surface area contributed by atoms with Crippen LogP contribution in [0, 0.1) is 5.92 Å². The van der Waals surface area contributed by atoms with Gasteiger partial charge in [0.15, 0.2) is 5.16 Å². The normalized spacial score (nSPS) is 15.3. The van der Waals surface area contributed by atoms with E-state index in [4.69, 9.17) is 9.40 Å². The summed E-state index contributed by atoms with van der Waals surface area (Å²) in [5.41, 5.74) is 0.993. The Labute approximate surface area is 193 Å². The van der Waals surface area contributed by atoms with E-state index in [-0.39, 0.29) is 24.4 Å². The van der Waals surface area contributed by atoms with Crippen LogP contribution in [0.3, 0.4) is 0 Å². The number of thioether (sulfide) groups is 1. The van der Waals surface area contributed by atoms with E-state index in [0.29, 0.717) is 27.1 Å². The molecule has 4 rings (SSSR count). The minimum absolute atomic E-state index is 0.0558. The van der Waals surface area contributed by atoms with Crippen molar-refractivity contribution >= 4 is 45.3 Å². The number of nitrogens with zero attached hydrogens (tertiary/aromatic N) is 2. The smallest absolute Gasteiger partial charge is 0.321 e. The first-order chi connectivity index (χ1) is 15.5. The number of amides is 3. The summed E-state index contributed by atoms with van der Waals surface area (Å²) in [6, 6.07) is 2.97. The van der Waals surface area contributed by atoms with Crippen molar-refractivity contribution in [3.63, 3.8) is 0 Å². The molecule has 0 radical (unpaired) electrons. The van der Waals surface area contributed by atoms with E-state index in [9.17, 15) is 14.4 Å². The van der Waals surface area contributed by atoms with Crippen LogP contribution in [0.2, 0.25) is 0 Å². The first-order valence-corrected chi connectivity index (χ1v) is 12.1. The third kappa shape index (κ3) is 4.81. The molecule has 8 nitrogen and oxygen atoms in total. The van der Waals surface area contributed by atoms with Gasteiger partial charge in [-0.25, -0.2) is 9.78 Å². The molecule has 32 heavy (non-hydrogen) atoms. The number of thiophene rings is 1. The maximum Gasteiger partial charge on any atom is 0.321 e. The highest BCUT2D eigenvalue weighted by Crippen LogP contribution is 2.36. The summed E-state index contributed by atoms with van der Waals surface area (Å²) < 4.78 is 7.01. The molecule has 0 fully saturated rings. The number of carbonyl (C=O) groups excluding carboxylic acids is 2. The SMILES string of the molecule is C=CCNC(=O)NC(=O)CSc1nc2sc3c(c2c(=O)n1Cc1ccco1)CCC(C)C3. The number of aromatic nitrogens is 2. The molecule has 3 amide bonds. The maximum absolute atomic E-state index is 13.5. The average Bonchev–Trinajstić information content (AvgIpc) is 3.40. The largest absolute Gasteiger partial charge is 0.467 e. The summed E-state index contributed by atoms with van der Waals surface area (Å²) in [7, 11) is 0. The molecule has 3 aromatic rings. The van der Waals surface area contributed by atoms with Crippen LogP contribution < -0.4 is 16.2 Å². The zero-order valence-electron chi connectivity index (χ0n) is 17.7. The minimum Gasteiger partial charge on any atom is -0.467 e. The van der Waals surface area contributed by atoms with Crippen LogP contribution in [0.1, 0.15) is 29.5 Å². The first kappa shape index (κ1) is 22.3. The molecule has 0 saturated carbocycles. The van der Waals surface area contributed by atoms with E-state index in [1.165, 1.54) is 11.0 Å². The Kier molecular flexibility index (Phi) is 6.80. The molecular weight excluding hydrogens is 448 g/mol. The van der Waals surface area contributed by atoms with Gasteiger partial charge in [0.25, 0.3) is 5.56 Å². The molecule has 0 aliphatic heterocycles. The fourth-order valence-electron chi connectivity index (χ4n) is 3.71. The minimum atomic E-state index is -0.591. The van der Waals surface area contributed by atoms with Crippen molar-refractivity contribution in [2.24, 2.45) is 5.92 Å². The highest BCUT2D eigenvalue weighted by atomic mass is 32.2. The Bertz CT molecular complexity index is 1210. The number of furan rings is 1. The fraction of sp³-hybridized carbons (Fsp3) is 0.364. The summed E-state index contributed by atoms with van der Waals surface area (Å²) in [5, 5.41) is 5.85. The van der Waals surface area contributed by atoms with Gasteiger partial charge in [-0.1, -0.05) is 24.8 Å². The molecule has 0 saturated heterocycles. The van der Waals surface area contributed by atoms with Crippen molar-refractivity contribution in [3.8, 4) is 0 Å². The van der Waals surface area contributed by atoms with E-state index >= 15 is 0 Å². The molecule has 0 aromatic carbocycles. The molecule has 1 aliphatic carbocycles. The lowest BCUT2D eigenvalue weighted by molar-refractivity contribution is -0.117. The Hall–Kier alpha value is -2.85. The number of aryl methyl sites for hydroxylation is 1. The number of fused-ring (bicyclic) bond motifs is 3. The van der Waals surface area contributed by atoms with E-state index in [2.05, 4.69) is 24.1 Å². The molecule has 3 heterocycles. The van der Waals surface area contributed by atoms with Gasteiger partial charge < -0.3 is 9.73 Å². The topological polar surface area (TPSA) is 106 Å². The zero-order chi connectivity index (χ0) is 22.7. The van der Waals surface area contributed by atoms with Crippen LogP contribution in [0.25, 0.3) is 10.2 Å². The molecule has 0 bridgehead atoms. The average molecular weight is 473 g/mol. The van der Waals surface area contributed by atoms with Gasteiger partial charge in [-0.05, 0) is 42.9 Å². The Morgan fingerprint density at radius 2 is 2.31 bits per heavy atom. The standard InChI is InChI=1S/C22H24N4O4S2/c1-3-8-23-21(29)24-17(27)12-31-22-25-19-18(15-7-6-13(2)10-16(15)32-19)20(28)26(22)11-14-5-4-9-30-14/h3-5,9,13H,1,6-8,10-12H2,2H3,(H2,23,24,27,29). The van der Waals surface area contributed by atoms with Crippen molar-refractivity contribution in [1.82, 2.24) is 20.2 Å². The van der Waals surface area contributed by atoms with Crippen LogP contribution in [0.4, 0.5) is 4.79 Å². The summed E-state index contributed by atoms with van der Waals surface area (Å²) in [4.78, 5) is 44.1. The number of imide groups is 1. The summed E-state index contributed by atoms with van der Waals surface area (Å²) in [6.07, 6.45) is 5.97. The van der Waals surface area contributed by atoms with Gasteiger partial charge in [0.2, 0.25) is 5.91 Å².